The minimum Gasteiger partial charge on any atom is -0.102 e. The van der Waals surface area contributed by atoms with Gasteiger partial charge in [-0.2, -0.15) is 0 Å². The summed E-state index contributed by atoms with van der Waals surface area (Å²) < 4.78 is 0. The smallest absolute Gasteiger partial charge is 0.0710 e. The standard InChI is InChI=1S/C7H7NO/c9-8-6-7-4-2-1-3-5-7/h1-5H,6H2. The van der Waals surface area contributed by atoms with E-state index in [0.717, 1.165) is 5.56 Å². The van der Waals surface area contributed by atoms with Gasteiger partial charge < -0.3 is 0 Å². The van der Waals surface area contributed by atoms with Gasteiger partial charge in [0.25, 0.3) is 0 Å². The lowest BCUT2D eigenvalue weighted by Gasteiger charge is -1.91. The van der Waals surface area contributed by atoms with E-state index in [1.807, 2.05) is 30.3 Å². The van der Waals surface area contributed by atoms with Crippen molar-refractivity contribution < 1.29 is 5.21 Å². The molecule has 0 spiro atoms. The van der Waals surface area contributed by atoms with Gasteiger partial charge in [0.1, 0.15) is 0 Å². The van der Waals surface area contributed by atoms with Crippen molar-refractivity contribution in [2.45, 2.75) is 6.54 Å². The third-order valence-corrected chi connectivity index (χ3v) is 1.09. The molecule has 0 aromatic heterocycles. The van der Waals surface area contributed by atoms with Crippen LogP contribution in [0, 0.1) is 0 Å². The maximum absolute atomic E-state index is 9.72. The molecule has 0 atom stereocenters. The van der Waals surface area contributed by atoms with Gasteiger partial charge in [0.05, 0.1) is 6.54 Å². The first-order valence-corrected chi connectivity index (χ1v) is 2.76. The van der Waals surface area contributed by atoms with Crippen molar-refractivity contribution in [3.05, 3.63) is 35.9 Å². The number of rotatable bonds is 2. The first-order chi connectivity index (χ1) is 4.43. The van der Waals surface area contributed by atoms with Gasteiger partial charge in [-0.05, 0) is 5.56 Å². The highest BCUT2D eigenvalue weighted by atomic mass is 16.5. The molecule has 1 rings (SSSR count). The Morgan fingerprint density at radius 2 is 1.89 bits per heavy atom. The maximum Gasteiger partial charge on any atom is 0.0710 e. The Balaban J connectivity index is 2.61. The largest absolute Gasteiger partial charge is 0.102 e. The molecular formula is C7H7NO. The van der Waals surface area contributed by atoms with Crippen molar-refractivity contribution in [3.8, 4) is 0 Å². The molecule has 0 aliphatic rings. The lowest BCUT2D eigenvalue weighted by atomic mass is 10.2. The van der Waals surface area contributed by atoms with Crippen LogP contribution in [-0.2, 0) is 11.8 Å². The second kappa shape index (κ2) is 3.22. The van der Waals surface area contributed by atoms with E-state index in [2.05, 4.69) is 5.48 Å². The molecule has 1 aromatic carbocycles. The highest BCUT2D eigenvalue weighted by molar-refractivity contribution is 5.13. The minimum atomic E-state index is 0.279. The van der Waals surface area contributed by atoms with Crippen LogP contribution < -0.4 is 5.48 Å². The van der Waals surface area contributed by atoms with E-state index < -0.39 is 0 Å². The topological polar surface area (TPSA) is 34.0 Å². The van der Waals surface area contributed by atoms with Crippen LogP contribution in [0.1, 0.15) is 5.56 Å². The molecule has 2 heteroatoms. The first-order valence-electron chi connectivity index (χ1n) is 2.76. The average Bonchev–Trinajstić information content (AvgIpc) is 1.91. The fraction of sp³-hybridized carbons (Fsp3) is 0.143. The fourth-order valence-corrected chi connectivity index (χ4v) is 0.658. The number of benzene rings is 1. The van der Waals surface area contributed by atoms with Crippen LogP contribution in [0.5, 0.6) is 0 Å². The van der Waals surface area contributed by atoms with Crippen LogP contribution in [0.15, 0.2) is 30.3 Å². The van der Waals surface area contributed by atoms with Gasteiger partial charge in [0.2, 0.25) is 0 Å². The fourth-order valence-electron chi connectivity index (χ4n) is 0.658. The molecule has 0 N–H and O–H groups in total. The predicted molar refractivity (Wildman–Crippen MR) is 33.0 cm³/mol. The Morgan fingerprint density at radius 3 is 2.44 bits per heavy atom. The molecule has 2 nitrogen and oxygen atoms in total. The second-order valence-electron chi connectivity index (χ2n) is 1.77. The van der Waals surface area contributed by atoms with Gasteiger partial charge in [0, 0.05) is 0 Å². The van der Waals surface area contributed by atoms with Crippen molar-refractivity contribution in [1.82, 2.24) is 5.48 Å². The van der Waals surface area contributed by atoms with E-state index in [0.29, 0.717) is 0 Å². The van der Waals surface area contributed by atoms with E-state index in [-0.39, 0.29) is 6.54 Å². The normalized spacial score (nSPS) is 9.44. The molecule has 0 aliphatic heterocycles. The summed E-state index contributed by atoms with van der Waals surface area (Å²) in [6, 6.07) is 9.44. The summed E-state index contributed by atoms with van der Waals surface area (Å²) in [7, 11) is 0. The van der Waals surface area contributed by atoms with E-state index in [9.17, 15) is 5.21 Å². The van der Waals surface area contributed by atoms with Crippen LogP contribution in [0.3, 0.4) is 0 Å². The summed E-state index contributed by atoms with van der Waals surface area (Å²) in [6.45, 7) is 0.279. The molecule has 0 unspecified atom stereocenters. The van der Waals surface area contributed by atoms with E-state index in [1.54, 1.807) is 0 Å². The van der Waals surface area contributed by atoms with E-state index in [4.69, 9.17) is 0 Å². The van der Waals surface area contributed by atoms with Crippen molar-refractivity contribution in [3.63, 3.8) is 0 Å². The zero-order valence-electron chi connectivity index (χ0n) is 4.95. The van der Waals surface area contributed by atoms with Crippen molar-refractivity contribution in [1.29, 1.82) is 0 Å². The summed E-state index contributed by atoms with van der Waals surface area (Å²) in [4.78, 5) is 0. The van der Waals surface area contributed by atoms with Crippen molar-refractivity contribution in [2.24, 2.45) is 0 Å². The molecule has 0 saturated heterocycles. The Bertz CT molecular complexity index is 162. The Kier molecular flexibility index (Phi) is 2.24. The number of hydrogen-bond acceptors (Lipinski definition) is 0. The van der Waals surface area contributed by atoms with Crippen LogP contribution in [0.25, 0.3) is 0 Å². The third kappa shape index (κ3) is 1.83. The molecular weight excluding hydrogens is 114 g/mol. The molecule has 9 heavy (non-hydrogen) atoms. The summed E-state index contributed by atoms with van der Waals surface area (Å²) in [5, 5.41) is 9.72. The minimum absolute atomic E-state index is 0.279. The molecule has 0 bridgehead atoms. The van der Waals surface area contributed by atoms with Gasteiger partial charge in [-0.3, -0.25) is 0 Å². The second-order valence-corrected chi connectivity index (χ2v) is 1.77. The maximum atomic E-state index is 9.72. The Labute approximate surface area is 54.1 Å². The summed E-state index contributed by atoms with van der Waals surface area (Å²) >= 11 is 0. The Hall–Kier alpha value is -0.860. The monoisotopic (exact) mass is 121 g/mol. The quantitative estimate of drug-likeness (QED) is 0.526. The van der Waals surface area contributed by atoms with Crippen LogP contribution in [-0.4, -0.2) is 0 Å². The van der Waals surface area contributed by atoms with Crippen LogP contribution in [0.2, 0.25) is 0 Å². The van der Waals surface area contributed by atoms with E-state index >= 15 is 0 Å². The highest BCUT2D eigenvalue weighted by Crippen LogP contribution is 1.96. The van der Waals surface area contributed by atoms with Gasteiger partial charge in [-0.1, -0.05) is 35.8 Å². The summed E-state index contributed by atoms with van der Waals surface area (Å²) in [6.07, 6.45) is 0. The average molecular weight is 121 g/mol. The zero-order valence-corrected chi connectivity index (χ0v) is 4.95. The SMILES string of the molecule is [O][N]Cc1ccccc1. The Morgan fingerprint density at radius 1 is 1.22 bits per heavy atom. The van der Waals surface area contributed by atoms with Crippen LogP contribution >= 0.6 is 0 Å². The predicted octanol–water partition coefficient (Wildman–Crippen LogP) is 1.14. The van der Waals surface area contributed by atoms with E-state index in [1.165, 1.54) is 0 Å². The molecule has 0 saturated carbocycles. The van der Waals surface area contributed by atoms with Crippen molar-refractivity contribution in [2.75, 3.05) is 0 Å². The molecule has 46 valence electrons. The highest BCUT2D eigenvalue weighted by Gasteiger charge is 1.87. The molecule has 2 radical (unpaired) electrons. The number of hydrogen-bond donors (Lipinski definition) is 0. The molecule has 0 aliphatic carbocycles. The van der Waals surface area contributed by atoms with Gasteiger partial charge in [-0.15, -0.1) is 5.21 Å². The lowest BCUT2D eigenvalue weighted by Crippen LogP contribution is -1.94. The number of hydroxylamine groups is 1. The molecule has 1 aromatic rings. The van der Waals surface area contributed by atoms with Gasteiger partial charge in [0.15, 0.2) is 0 Å². The van der Waals surface area contributed by atoms with Gasteiger partial charge in [-0.25, -0.2) is 0 Å². The summed E-state index contributed by atoms with van der Waals surface area (Å²) in [5.74, 6) is 0. The number of nitrogens with zero attached hydrogens (tertiary/aromatic N) is 1. The van der Waals surface area contributed by atoms with Crippen LogP contribution in [0.4, 0.5) is 0 Å². The molecule has 0 fully saturated rings. The van der Waals surface area contributed by atoms with Gasteiger partial charge >= 0.3 is 0 Å². The lowest BCUT2D eigenvalue weighted by molar-refractivity contribution is 0.0606. The van der Waals surface area contributed by atoms with Crippen molar-refractivity contribution >= 4 is 0 Å². The molecule has 0 amide bonds. The third-order valence-electron chi connectivity index (χ3n) is 1.09. The first kappa shape index (κ1) is 6.26. The molecule has 0 heterocycles. The zero-order chi connectivity index (χ0) is 6.53. The summed E-state index contributed by atoms with van der Waals surface area (Å²) in [5.41, 5.74) is 3.72.